The van der Waals surface area contributed by atoms with Gasteiger partial charge in [-0.05, 0) is 23.7 Å². The number of hydrogen-bond donors (Lipinski definition) is 2. The predicted molar refractivity (Wildman–Crippen MR) is 99.1 cm³/mol. The third-order valence-electron chi connectivity index (χ3n) is 2.84. The van der Waals surface area contributed by atoms with E-state index in [1.165, 1.54) is 38.5 Å². The zero-order valence-electron chi connectivity index (χ0n) is 14.3. The van der Waals surface area contributed by atoms with Gasteiger partial charge in [0.2, 0.25) is 11.2 Å². The fourth-order valence-electron chi connectivity index (χ4n) is 1.76. The number of hydrogen-bond acceptors (Lipinski definition) is 9. The van der Waals surface area contributed by atoms with Crippen LogP contribution in [0.3, 0.4) is 0 Å². The first kappa shape index (κ1) is 21.5. The summed E-state index contributed by atoms with van der Waals surface area (Å²) in [7, 11) is -1.76. The van der Waals surface area contributed by atoms with Crippen LogP contribution in [0.1, 0.15) is 0 Å². The van der Waals surface area contributed by atoms with Crippen LogP contribution in [-0.4, -0.2) is 43.6 Å². The van der Waals surface area contributed by atoms with Gasteiger partial charge in [0, 0.05) is 0 Å². The number of carbonyl (C=O) groups is 1. The molecule has 0 aliphatic carbocycles. The molecule has 1 heterocycles. The lowest BCUT2D eigenvalue weighted by Gasteiger charge is -2.12. The molecule has 0 atom stereocenters. The van der Waals surface area contributed by atoms with E-state index in [0.717, 1.165) is 5.54 Å². The molecule has 2 N–H and O–H groups in total. The molecule has 0 radical (unpaired) electrons. The first-order valence-electron chi connectivity index (χ1n) is 7.19. The van der Waals surface area contributed by atoms with Crippen molar-refractivity contribution in [1.29, 1.82) is 0 Å². The molecule has 0 bridgehead atoms. The Morgan fingerprint density at radius 2 is 1.71 bits per heavy atom. The summed E-state index contributed by atoms with van der Waals surface area (Å²) < 4.78 is 41.6. The van der Waals surface area contributed by atoms with E-state index in [1.807, 2.05) is 0 Å². The minimum Gasteiger partial charge on any atom is -0.467 e. The summed E-state index contributed by atoms with van der Waals surface area (Å²) in [5.74, 6) is -0.442. The van der Waals surface area contributed by atoms with E-state index in [4.69, 9.17) is 37.4 Å². The van der Waals surface area contributed by atoms with Gasteiger partial charge in [-0.25, -0.2) is 17.9 Å². The summed E-state index contributed by atoms with van der Waals surface area (Å²) in [6.07, 6.45) is 0. The normalized spacial score (nSPS) is 11.5. The standard InChI is InChI=1S/C14H13Cl2N5O6S/c1-25-13-18-11(19-14(20-13)26-2)17-12(22)21-28(23,24)9-6-4-3-5-8(9)27-10(16)7-15/h3-7H,1-2H3,(H2,17,18,19,20,21,22). The van der Waals surface area contributed by atoms with Crippen molar-refractivity contribution in [3.63, 3.8) is 0 Å². The van der Waals surface area contributed by atoms with E-state index >= 15 is 0 Å². The van der Waals surface area contributed by atoms with Gasteiger partial charge < -0.3 is 14.2 Å². The summed E-state index contributed by atoms with van der Waals surface area (Å²) >= 11 is 11.1. The number of para-hydroxylation sites is 1. The smallest absolute Gasteiger partial charge is 0.335 e. The Hall–Kier alpha value is -2.83. The molecule has 14 heteroatoms. The van der Waals surface area contributed by atoms with Gasteiger partial charge in [-0.3, -0.25) is 5.32 Å². The fourth-order valence-corrected chi connectivity index (χ4v) is 2.93. The summed E-state index contributed by atoms with van der Waals surface area (Å²) in [6.45, 7) is 0. The molecule has 2 amide bonds. The Labute approximate surface area is 169 Å². The lowest BCUT2D eigenvalue weighted by molar-refractivity contribution is 0.256. The number of halogens is 2. The van der Waals surface area contributed by atoms with Crippen molar-refractivity contribution in [2.75, 3.05) is 19.5 Å². The summed E-state index contributed by atoms with van der Waals surface area (Å²) in [5, 5.41) is 1.87. The van der Waals surface area contributed by atoms with E-state index in [0.29, 0.717) is 0 Å². The van der Waals surface area contributed by atoms with Crippen LogP contribution >= 0.6 is 23.2 Å². The summed E-state index contributed by atoms with van der Waals surface area (Å²) in [5.41, 5.74) is 0.909. The van der Waals surface area contributed by atoms with Crippen molar-refractivity contribution in [3.8, 4) is 17.8 Å². The molecule has 0 aliphatic rings. The molecule has 2 rings (SSSR count). The van der Waals surface area contributed by atoms with Gasteiger partial charge in [0.15, 0.2) is 0 Å². The van der Waals surface area contributed by atoms with Crippen molar-refractivity contribution in [2.24, 2.45) is 0 Å². The lowest BCUT2D eigenvalue weighted by Crippen LogP contribution is -2.35. The molecule has 1 aromatic carbocycles. The molecule has 1 aromatic heterocycles. The second-order valence-corrected chi connectivity index (χ2v) is 6.90. The van der Waals surface area contributed by atoms with E-state index in [1.54, 1.807) is 4.72 Å². The third-order valence-corrected chi connectivity index (χ3v) is 4.71. The highest BCUT2D eigenvalue weighted by atomic mass is 35.5. The average molecular weight is 450 g/mol. The molecule has 0 aliphatic heterocycles. The zero-order valence-corrected chi connectivity index (χ0v) is 16.7. The van der Waals surface area contributed by atoms with Crippen molar-refractivity contribution >= 4 is 45.2 Å². The minimum atomic E-state index is -4.35. The Balaban J connectivity index is 2.22. The maximum Gasteiger partial charge on any atom is 0.335 e. The van der Waals surface area contributed by atoms with Crippen molar-refractivity contribution in [1.82, 2.24) is 19.7 Å². The number of nitrogens with zero attached hydrogens (tertiary/aromatic N) is 3. The number of ether oxygens (including phenoxy) is 3. The van der Waals surface area contributed by atoms with Crippen LogP contribution in [0.2, 0.25) is 0 Å². The van der Waals surface area contributed by atoms with E-state index in [9.17, 15) is 13.2 Å². The number of amides is 2. The number of anilines is 1. The number of rotatable bonds is 7. The Kier molecular flexibility index (Phi) is 7.20. The third kappa shape index (κ3) is 5.58. The highest BCUT2D eigenvalue weighted by Gasteiger charge is 2.23. The highest BCUT2D eigenvalue weighted by molar-refractivity contribution is 7.90. The molecule has 2 aromatic rings. The molecule has 0 saturated carbocycles. The van der Waals surface area contributed by atoms with Crippen LogP contribution in [-0.2, 0) is 10.0 Å². The fraction of sp³-hybridized carbons (Fsp3) is 0.143. The molecule has 0 fully saturated rings. The molecule has 0 spiro atoms. The first-order valence-corrected chi connectivity index (χ1v) is 9.49. The van der Waals surface area contributed by atoms with Gasteiger partial charge >= 0.3 is 18.1 Å². The molecule has 0 saturated heterocycles. The van der Waals surface area contributed by atoms with Crippen LogP contribution in [0.4, 0.5) is 10.7 Å². The quantitative estimate of drug-likeness (QED) is 0.606. The molecule has 11 nitrogen and oxygen atoms in total. The maximum atomic E-state index is 12.5. The van der Waals surface area contributed by atoms with Crippen molar-refractivity contribution < 1.29 is 27.4 Å². The van der Waals surface area contributed by atoms with Gasteiger partial charge in [0.05, 0.1) is 19.8 Å². The van der Waals surface area contributed by atoms with Crippen LogP contribution in [0.25, 0.3) is 0 Å². The van der Waals surface area contributed by atoms with Crippen molar-refractivity contribution in [2.45, 2.75) is 4.90 Å². The number of aromatic nitrogens is 3. The second kappa shape index (κ2) is 9.39. The van der Waals surface area contributed by atoms with E-state index in [2.05, 4.69) is 20.3 Å². The van der Waals surface area contributed by atoms with Crippen molar-refractivity contribution in [3.05, 3.63) is 35.0 Å². The Bertz CT molecular complexity index is 979. The van der Waals surface area contributed by atoms with Gasteiger partial charge in [-0.2, -0.15) is 9.97 Å². The minimum absolute atomic E-state index is 0.145. The van der Waals surface area contributed by atoms with E-state index in [-0.39, 0.29) is 33.8 Å². The summed E-state index contributed by atoms with van der Waals surface area (Å²) in [6, 6.07) is 4.03. The SMILES string of the molecule is COc1nc(NC(=O)NS(=O)(=O)c2ccccc2OC(Cl)=CCl)nc(OC)n1. The van der Waals surface area contributed by atoms with Gasteiger partial charge in [0.1, 0.15) is 10.6 Å². The van der Waals surface area contributed by atoms with Gasteiger partial charge in [0.25, 0.3) is 10.0 Å². The maximum absolute atomic E-state index is 12.5. The van der Waals surface area contributed by atoms with Crippen LogP contribution in [0.15, 0.2) is 39.9 Å². The number of urea groups is 1. The monoisotopic (exact) mass is 449 g/mol. The topological polar surface area (TPSA) is 142 Å². The Morgan fingerprint density at radius 3 is 2.29 bits per heavy atom. The second-order valence-electron chi connectivity index (χ2n) is 4.65. The predicted octanol–water partition coefficient (Wildman–Crippen LogP) is 2.05. The molecular formula is C14H13Cl2N5O6S. The molecule has 28 heavy (non-hydrogen) atoms. The lowest BCUT2D eigenvalue weighted by atomic mass is 10.3. The Morgan fingerprint density at radius 1 is 1.11 bits per heavy atom. The molecular weight excluding hydrogens is 437 g/mol. The van der Waals surface area contributed by atoms with E-state index < -0.39 is 16.1 Å². The number of sulfonamides is 1. The van der Waals surface area contributed by atoms with Crippen LogP contribution < -0.4 is 24.2 Å². The van der Waals surface area contributed by atoms with Crippen LogP contribution in [0.5, 0.6) is 17.8 Å². The van der Waals surface area contributed by atoms with Gasteiger partial charge in [-0.1, -0.05) is 23.7 Å². The summed E-state index contributed by atoms with van der Waals surface area (Å²) in [4.78, 5) is 23.0. The number of benzene rings is 1. The molecule has 0 unspecified atom stereocenters. The number of nitrogens with one attached hydrogen (secondary N) is 2. The number of carbonyl (C=O) groups excluding carboxylic acids is 1. The zero-order chi connectivity index (χ0) is 20.7. The van der Waals surface area contributed by atoms with Gasteiger partial charge in [-0.15, -0.1) is 4.98 Å². The largest absolute Gasteiger partial charge is 0.467 e. The number of methoxy groups -OCH3 is 2. The average Bonchev–Trinajstić information content (AvgIpc) is 2.67. The first-order chi connectivity index (χ1) is 13.3. The highest BCUT2D eigenvalue weighted by Crippen LogP contribution is 2.26. The molecule has 150 valence electrons. The van der Waals surface area contributed by atoms with Crippen LogP contribution in [0, 0.1) is 0 Å².